The van der Waals surface area contributed by atoms with E-state index in [4.69, 9.17) is 0 Å². The lowest BCUT2D eigenvalue weighted by Crippen LogP contribution is -2.36. The van der Waals surface area contributed by atoms with Gasteiger partial charge in [0.2, 0.25) is 15.9 Å². The molecule has 0 saturated carbocycles. The average Bonchev–Trinajstić information content (AvgIpc) is 3.37. The van der Waals surface area contributed by atoms with Crippen molar-refractivity contribution in [2.75, 3.05) is 4.90 Å². The number of aromatic nitrogens is 2. The van der Waals surface area contributed by atoms with Crippen LogP contribution in [0.2, 0.25) is 0 Å². The van der Waals surface area contributed by atoms with E-state index in [2.05, 4.69) is 9.71 Å². The molecule has 0 radical (unpaired) electrons. The lowest BCUT2D eigenvalue weighted by atomic mass is 9.85. The Morgan fingerprint density at radius 1 is 1.12 bits per heavy atom. The Kier molecular flexibility index (Phi) is 8.25. The van der Waals surface area contributed by atoms with Crippen molar-refractivity contribution in [3.8, 4) is 0 Å². The summed E-state index contributed by atoms with van der Waals surface area (Å²) in [6.07, 6.45) is 2.79. The Balaban J connectivity index is 1.51. The van der Waals surface area contributed by atoms with Gasteiger partial charge in [0.15, 0.2) is 0 Å². The van der Waals surface area contributed by atoms with Gasteiger partial charge in [0, 0.05) is 49.6 Å². The van der Waals surface area contributed by atoms with Crippen molar-refractivity contribution in [2.24, 2.45) is 7.05 Å². The van der Waals surface area contributed by atoms with E-state index in [0.29, 0.717) is 11.5 Å². The first-order chi connectivity index (χ1) is 19.9. The topological polar surface area (TPSA) is 84.3 Å². The predicted octanol–water partition coefficient (Wildman–Crippen LogP) is 6.19. The Labute approximate surface area is 243 Å². The molecule has 0 unspecified atom stereocenters. The molecule has 3 aromatic carbocycles. The number of carbonyl (C=O) groups excluding carboxylic acids is 1. The zero-order chi connectivity index (χ0) is 30.1. The number of nitrogens with zero attached hydrogens (tertiary/aromatic N) is 3. The van der Waals surface area contributed by atoms with Crippen LogP contribution in [0.25, 0.3) is 0 Å². The number of amides is 1. The van der Waals surface area contributed by atoms with E-state index >= 15 is 8.78 Å². The first-order valence-electron chi connectivity index (χ1n) is 13.6. The van der Waals surface area contributed by atoms with Gasteiger partial charge in [0.25, 0.3) is 5.92 Å². The van der Waals surface area contributed by atoms with Gasteiger partial charge >= 0.3 is 0 Å². The lowest BCUT2D eigenvalue weighted by molar-refractivity contribution is -0.119. The summed E-state index contributed by atoms with van der Waals surface area (Å²) in [5.74, 6) is -3.53. The highest BCUT2D eigenvalue weighted by molar-refractivity contribution is 7.89. The Morgan fingerprint density at radius 2 is 1.83 bits per heavy atom. The molecular weight excluding hydrogens is 565 g/mol. The van der Waals surface area contributed by atoms with Crippen LogP contribution in [0.15, 0.2) is 90.1 Å². The molecule has 11 heteroatoms. The highest BCUT2D eigenvalue weighted by atomic mass is 32.2. The number of nitrogens with one attached hydrogen (secondary N) is 1. The molecule has 4 aromatic rings. The van der Waals surface area contributed by atoms with Crippen LogP contribution in [-0.4, -0.2) is 23.9 Å². The van der Waals surface area contributed by atoms with Crippen LogP contribution in [0.1, 0.15) is 60.7 Å². The van der Waals surface area contributed by atoms with Gasteiger partial charge in [-0.2, -0.15) is 0 Å². The highest BCUT2D eigenvalue weighted by Gasteiger charge is 2.42. The van der Waals surface area contributed by atoms with Crippen LogP contribution in [0, 0.1) is 5.82 Å². The summed E-state index contributed by atoms with van der Waals surface area (Å²) < 4.78 is 74.1. The fraction of sp³-hybridized carbons (Fsp3) is 0.290. The summed E-state index contributed by atoms with van der Waals surface area (Å²) in [7, 11) is -2.36. The maximum atomic E-state index is 15.1. The predicted molar refractivity (Wildman–Crippen MR) is 153 cm³/mol. The number of rotatable bonds is 9. The number of sulfonamides is 1. The Bertz CT molecular complexity index is 1680. The molecule has 5 rings (SSSR count). The molecule has 1 N–H and O–H groups in total. The van der Waals surface area contributed by atoms with E-state index < -0.39 is 34.2 Å². The largest absolute Gasteiger partial charge is 0.337 e. The zero-order valence-corrected chi connectivity index (χ0v) is 24.0. The minimum absolute atomic E-state index is 0.0863. The maximum Gasteiger partial charge on any atom is 0.273 e. The van der Waals surface area contributed by atoms with E-state index in [1.807, 2.05) is 37.3 Å². The normalized spacial score (nSPS) is 16.9. The molecule has 1 heterocycles. The summed E-state index contributed by atoms with van der Waals surface area (Å²) in [4.78, 5) is 19.4. The van der Waals surface area contributed by atoms with Gasteiger partial charge in [0.1, 0.15) is 11.6 Å². The van der Waals surface area contributed by atoms with Crippen molar-refractivity contribution in [1.82, 2.24) is 14.3 Å². The molecule has 0 saturated heterocycles. The molecule has 1 aliphatic carbocycles. The molecule has 1 aliphatic rings. The van der Waals surface area contributed by atoms with Crippen LogP contribution in [0.4, 0.5) is 18.9 Å². The summed E-state index contributed by atoms with van der Waals surface area (Å²) >= 11 is 0. The van der Waals surface area contributed by atoms with E-state index in [0.717, 1.165) is 29.8 Å². The minimum atomic E-state index is -4.15. The number of alkyl halides is 2. The number of aryl methyl sites for hydroxylation is 1. The molecule has 7 nitrogen and oxygen atoms in total. The third-order valence-corrected chi connectivity index (χ3v) is 9.14. The van der Waals surface area contributed by atoms with Crippen LogP contribution >= 0.6 is 0 Å². The van der Waals surface area contributed by atoms with E-state index in [9.17, 15) is 17.6 Å². The Hall–Kier alpha value is -3.96. The van der Waals surface area contributed by atoms with Gasteiger partial charge in [-0.15, -0.1) is 0 Å². The molecular formula is C31H31F3N4O3S. The van der Waals surface area contributed by atoms with Crippen molar-refractivity contribution >= 4 is 21.6 Å². The highest BCUT2D eigenvalue weighted by Crippen LogP contribution is 2.46. The monoisotopic (exact) mass is 596 g/mol. The van der Waals surface area contributed by atoms with Crippen molar-refractivity contribution in [1.29, 1.82) is 0 Å². The van der Waals surface area contributed by atoms with Crippen LogP contribution < -0.4 is 9.62 Å². The molecule has 220 valence electrons. The van der Waals surface area contributed by atoms with Gasteiger partial charge in [-0.1, -0.05) is 43.3 Å². The second-order valence-corrected chi connectivity index (χ2v) is 12.3. The fourth-order valence-corrected chi connectivity index (χ4v) is 6.48. The average molecular weight is 597 g/mol. The summed E-state index contributed by atoms with van der Waals surface area (Å²) in [6, 6.07) is 17.1. The summed E-state index contributed by atoms with van der Waals surface area (Å²) in [5.41, 5.74) is 1.13. The number of anilines is 1. The van der Waals surface area contributed by atoms with Gasteiger partial charge in [-0.25, -0.2) is 31.3 Å². The molecule has 1 aromatic heterocycles. The zero-order valence-electron chi connectivity index (χ0n) is 23.2. The number of hydrogen-bond acceptors (Lipinski definition) is 4. The number of imidazole rings is 1. The summed E-state index contributed by atoms with van der Waals surface area (Å²) in [5, 5.41) is 0. The first kappa shape index (κ1) is 29.5. The van der Waals surface area contributed by atoms with Crippen molar-refractivity contribution in [3.05, 3.63) is 114 Å². The van der Waals surface area contributed by atoms with Crippen molar-refractivity contribution in [3.63, 3.8) is 0 Å². The molecule has 0 bridgehead atoms. The first-order valence-corrected chi connectivity index (χ1v) is 15.0. The van der Waals surface area contributed by atoms with Gasteiger partial charge in [-0.3, -0.25) is 4.79 Å². The number of fused-ring (bicyclic) bond motifs is 1. The number of hydrogen-bond donors (Lipinski definition) is 1. The van der Waals surface area contributed by atoms with Gasteiger partial charge in [-0.05, 0) is 59.9 Å². The number of carbonyl (C=O) groups is 1. The smallest absolute Gasteiger partial charge is 0.273 e. The van der Waals surface area contributed by atoms with Crippen LogP contribution in [0.3, 0.4) is 0 Å². The van der Waals surface area contributed by atoms with Crippen molar-refractivity contribution < 1.29 is 26.4 Å². The van der Waals surface area contributed by atoms with Gasteiger partial charge < -0.3 is 9.47 Å². The van der Waals surface area contributed by atoms with Gasteiger partial charge in [0.05, 0.1) is 11.4 Å². The second kappa shape index (κ2) is 11.7. The standard InChI is InChI=1S/C31H31F3N4O3S/c1-21(22-6-4-3-5-7-22)18-30(39)38(20-29-35-16-17-37(29)2)24-10-13-27-26(19-24)28(14-15-31(27,33)34)36-42(40,41)25-11-8-23(32)9-12-25/h3-13,16-17,19,21,28,36H,14-15,18,20H2,1-2H3/t21-,28-/m0/s1. The summed E-state index contributed by atoms with van der Waals surface area (Å²) in [6.45, 7) is 2.03. The van der Waals surface area contributed by atoms with Crippen LogP contribution in [0.5, 0.6) is 0 Å². The lowest BCUT2D eigenvalue weighted by Gasteiger charge is -2.33. The molecule has 2 atom stereocenters. The molecule has 0 aliphatic heterocycles. The Morgan fingerprint density at radius 3 is 2.50 bits per heavy atom. The molecule has 42 heavy (non-hydrogen) atoms. The third kappa shape index (κ3) is 6.27. The number of benzene rings is 3. The van der Waals surface area contributed by atoms with Crippen LogP contribution in [-0.2, 0) is 34.3 Å². The van der Waals surface area contributed by atoms with E-state index in [1.54, 1.807) is 24.0 Å². The molecule has 0 spiro atoms. The van der Waals surface area contributed by atoms with E-state index in [1.165, 1.54) is 23.1 Å². The SMILES string of the molecule is C[C@@H](CC(=O)N(Cc1nccn1C)c1ccc2c(c1)[C@@H](NS(=O)(=O)c1ccc(F)cc1)CCC2(F)F)c1ccccc1. The second-order valence-electron chi connectivity index (χ2n) is 10.6. The van der Waals surface area contributed by atoms with E-state index in [-0.39, 0.29) is 47.2 Å². The maximum absolute atomic E-state index is 15.1. The molecule has 0 fully saturated rings. The fourth-order valence-electron chi connectivity index (χ4n) is 5.23. The third-order valence-electron chi connectivity index (χ3n) is 7.66. The van der Waals surface area contributed by atoms with Crippen molar-refractivity contribution in [2.45, 2.75) is 55.5 Å². The molecule has 1 amide bonds. The number of halogens is 3. The quantitative estimate of drug-likeness (QED) is 0.250. The minimum Gasteiger partial charge on any atom is -0.337 e.